The SMILES string of the molecule is Cc1oc2ncnc(NC(=O)c3ccc(S(C)(=O)=O)cc3)c2c1C. The minimum atomic E-state index is -3.30. The van der Waals surface area contributed by atoms with Crippen molar-refractivity contribution in [3.05, 3.63) is 47.5 Å². The summed E-state index contributed by atoms with van der Waals surface area (Å²) in [6.07, 6.45) is 2.43. The second-order valence-corrected chi connectivity index (χ2v) is 7.45. The van der Waals surface area contributed by atoms with Crippen molar-refractivity contribution in [3.8, 4) is 0 Å². The Kier molecular flexibility index (Phi) is 3.84. The number of nitrogens with zero attached hydrogens (tertiary/aromatic N) is 2. The van der Waals surface area contributed by atoms with Gasteiger partial charge in [-0.05, 0) is 38.1 Å². The van der Waals surface area contributed by atoms with Crippen LogP contribution in [0.2, 0.25) is 0 Å². The highest BCUT2D eigenvalue weighted by molar-refractivity contribution is 7.90. The van der Waals surface area contributed by atoms with E-state index in [1.807, 2.05) is 13.8 Å². The number of hydrogen-bond acceptors (Lipinski definition) is 6. The first-order chi connectivity index (χ1) is 11.3. The molecule has 24 heavy (non-hydrogen) atoms. The van der Waals surface area contributed by atoms with Gasteiger partial charge in [-0.15, -0.1) is 0 Å². The predicted octanol–water partition coefficient (Wildman–Crippen LogP) is 2.50. The lowest BCUT2D eigenvalue weighted by atomic mass is 10.2. The Hall–Kier alpha value is -2.74. The summed E-state index contributed by atoms with van der Waals surface area (Å²) in [5.41, 5.74) is 1.59. The fourth-order valence-corrected chi connectivity index (χ4v) is 2.94. The Bertz CT molecular complexity index is 1040. The summed E-state index contributed by atoms with van der Waals surface area (Å²) in [7, 11) is -3.30. The Morgan fingerprint density at radius 3 is 2.42 bits per heavy atom. The standard InChI is InChI=1S/C16H15N3O4S/c1-9-10(2)23-16-13(9)14(17-8-18-16)19-15(20)11-4-6-12(7-5-11)24(3,21)22/h4-8H,1-3H3,(H,17,18,19,20). The van der Waals surface area contributed by atoms with Crippen LogP contribution in [0, 0.1) is 13.8 Å². The largest absolute Gasteiger partial charge is 0.443 e. The summed E-state index contributed by atoms with van der Waals surface area (Å²) in [5.74, 6) is 0.665. The number of nitrogens with one attached hydrogen (secondary N) is 1. The van der Waals surface area contributed by atoms with Crippen LogP contribution in [0.25, 0.3) is 11.1 Å². The van der Waals surface area contributed by atoms with Crippen molar-refractivity contribution < 1.29 is 17.6 Å². The van der Waals surface area contributed by atoms with Crippen molar-refractivity contribution >= 4 is 32.7 Å². The maximum Gasteiger partial charge on any atom is 0.256 e. The summed E-state index contributed by atoms with van der Waals surface area (Å²) in [5, 5.41) is 3.36. The van der Waals surface area contributed by atoms with Gasteiger partial charge < -0.3 is 9.73 Å². The topological polar surface area (TPSA) is 102 Å². The molecular weight excluding hydrogens is 330 g/mol. The van der Waals surface area contributed by atoms with Crippen LogP contribution < -0.4 is 5.32 Å². The average molecular weight is 345 g/mol. The van der Waals surface area contributed by atoms with Crippen molar-refractivity contribution in [3.63, 3.8) is 0 Å². The molecule has 0 spiro atoms. The molecule has 0 atom stereocenters. The van der Waals surface area contributed by atoms with Gasteiger partial charge in [-0.2, -0.15) is 0 Å². The number of benzene rings is 1. The van der Waals surface area contributed by atoms with Gasteiger partial charge in [0.15, 0.2) is 9.84 Å². The number of aryl methyl sites for hydroxylation is 2. The molecule has 7 nitrogen and oxygen atoms in total. The highest BCUT2D eigenvalue weighted by atomic mass is 32.2. The van der Waals surface area contributed by atoms with E-state index in [0.29, 0.717) is 28.2 Å². The fraction of sp³-hybridized carbons (Fsp3) is 0.188. The van der Waals surface area contributed by atoms with Crippen molar-refractivity contribution in [1.29, 1.82) is 0 Å². The first-order valence-electron chi connectivity index (χ1n) is 7.09. The van der Waals surface area contributed by atoms with Gasteiger partial charge in [-0.3, -0.25) is 4.79 Å². The van der Waals surface area contributed by atoms with Crippen molar-refractivity contribution in [2.24, 2.45) is 0 Å². The fourth-order valence-electron chi connectivity index (χ4n) is 2.31. The number of fused-ring (bicyclic) bond motifs is 1. The maximum absolute atomic E-state index is 12.4. The second kappa shape index (κ2) is 5.72. The third kappa shape index (κ3) is 2.88. The van der Waals surface area contributed by atoms with Gasteiger partial charge in [-0.1, -0.05) is 0 Å². The first kappa shape index (κ1) is 16.1. The van der Waals surface area contributed by atoms with Crippen molar-refractivity contribution in [2.75, 3.05) is 11.6 Å². The van der Waals surface area contributed by atoms with Gasteiger partial charge in [0, 0.05) is 17.4 Å². The average Bonchev–Trinajstić information content (AvgIpc) is 2.82. The molecule has 0 aliphatic rings. The van der Waals surface area contributed by atoms with E-state index in [4.69, 9.17) is 4.42 Å². The van der Waals surface area contributed by atoms with E-state index in [9.17, 15) is 13.2 Å². The Morgan fingerprint density at radius 1 is 1.12 bits per heavy atom. The quantitative estimate of drug-likeness (QED) is 0.782. The highest BCUT2D eigenvalue weighted by Gasteiger charge is 2.16. The molecule has 2 heterocycles. The summed E-state index contributed by atoms with van der Waals surface area (Å²) in [6.45, 7) is 3.67. The molecule has 0 aliphatic heterocycles. The molecule has 0 aliphatic carbocycles. The van der Waals surface area contributed by atoms with Crippen LogP contribution in [0.15, 0.2) is 39.9 Å². The molecule has 0 saturated heterocycles. The zero-order valence-electron chi connectivity index (χ0n) is 13.3. The molecule has 124 valence electrons. The van der Waals surface area contributed by atoms with Gasteiger partial charge in [0.2, 0.25) is 5.71 Å². The molecular formula is C16H15N3O4S. The van der Waals surface area contributed by atoms with Gasteiger partial charge in [-0.25, -0.2) is 18.4 Å². The number of hydrogen-bond donors (Lipinski definition) is 1. The number of rotatable bonds is 3. The smallest absolute Gasteiger partial charge is 0.256 e. The number of sulfone groups is 1. The highest BCUT2D eigenvalue weighted by Crippen LogP contribution is 2.28. The molecule has 0 fully saturated rings. The Labute approximate surface area is 138 Å². The lowest BCUT2D eigenvalue weighted by Crippen LogP contribution is -2.13. The second-order valence-electron chi connectivity index (χ2n) is 5.44. The monoisotopic (exact) mass is 345 g/mol. The minimum Gasteiger partial charge on any atom is -0.443 e. The predicted molar refractivity (Wildman–Crippen MR) is 88.8 cm³/mol. The number of amides is 1. The molecule has 0 radical (unpaired) electrons. The molecule has 3 aromatic rings. The van der Waals surface area contributed by atoms with E-state index in [0.717, 1.165) is 11.8 Å². The summed E-state index contributed by atoms with van der Waals surface area (Å²) < 4.78 is 28.4. The van der Waals surface area contributed by atoms with Crippen LogP contribution in [0.1, 0.15) is 21.7 Å². The minimum absolute atomic E-state index is 0.157. The first-order valence-corrected chi connectivity index (χ1v) is 8.98. The van der Waals surface area contributed by atoms with E-state index in [2.05, 4.69) is 15.3 Å². The van der Waals surface area contributed by atoms with E-state index in [-0.39, 0.29) is 4.90 Å². The Balaban J connectivity index is 1.93. The Morgan fingerprint density at radius 2 is 1.79 bits per heavy atom. The number of furan rings is 1. The number of carbonyl (C=O) groups excluding carboxylic acids is 1. The zero-order valence-corrected chi connectivity index (χ0v) is 14.1. The normalized spacial score (nSPS) is 11.6. The van der Waals surface area contributed by atoms with Crippen molar-refractivity contribution in [1.82, 2.24) is 9.97 Å². The van der Waals surface area contributed by atoms with Crippen LogP contribution in [0.3, 0.4) is 0 Å². The number of aromatic nitrogens is 2. The maximum atomic E-state index is 12.4. The molecule has 2 aromatic heterocycles. The third-order valence-corrected chi connectivity index (χ3v) is 4.87. The van der Waals surface area contributed by atoms with Crippen LogP contribution in [0.5, 0.6) is 0 Å². The molecule has 1 aromatic carbocycles. The van der Waals surface area contributed by atoms with Gasteiger partial charge in [0.25, 0.3) is 5.91 Å². The lowest BCUT2D eigenvalue weighted by molar-refractivity contribution is 0.102. The molecule has 0 saturated carbocycles. The number of anilines is 1. The molecule has 3 rings (SSSR count). The lowest BCUT2D eigenvalue weighted by Gasteiger charge is -2.06. The molecule has 1 N–H and O–H groups in total. The van der Waals surface area contributed by atoms with E-state index in [1.165, 1.54) is 30.6 Å². The van der Waals surface area contributed by atoms with Crippen molar-refractivity contribution in [2.45, 2.75) is 18.7 Å². The van der Waals surface area contributed by atoms with Crippen LogP contribution >= 0.6 is 0 Å². The van der Waals surface area contributed by atoms with Gasteiger partial charge >= 0.3 is 0 Å². The molecule has 1 amide bonds. The van der Waals surface area contributed by atoms with Gasteiger partial charge in [0.05, 0.1) is 10.3 Å². The molecule has 0 unspecified atom stereocenters. The molecule has 8 heteroatoms. The van der Waals surface area contributed by atoms with Crippen LogP contribution in [0.4, 0.5) is 5.82 Å². The molecule has 0 bridgehead atoms. The summed E-state index contributed by atoms with van der Waals surface area (Å²) in [4.78, 5) is 20.7. The van der Waals surface area contributed by atoms with E-state index < -0.39 is 15.7 Å². The van der Waals surface area contributed by atoms with Gasteiger partial charge in [0.1, 0.15) is 17.9 Å². The third-order valence-electron chi connectivity index (χ3n) is 3.74. The van der Waals surface area contributed by atoms with Crippen LogP contribution in [-0.2, 0) is 9.84 Å². The number of carbonyl (C=O) groups is 1. The summed E-state index contributed by atoms with van der Waals surface area (Å²) >= 11 is 0. The van der Waals surface area contributed by atoms with E-state index >= 15 is 0 Å². The zero-order chi connectivity index (χ0) is 17.5. The van der Waals surface area contributed by atoms with E-state index in [1.54, 1.807) is 0 Å². The van der Waals surface area contributed by atoms with Crippen LogP contribution in [-0.4, -0.2) is 30.5 Å². The summed E-state index contributed by atoms with van der Waals surface area (Å²) in [6, 6.07) is 5.70.